The van der Waals surface area contributed by atoms with Gasteiger partial charge in [0, 0.05) is 4.47 Å². The van der Waals surface area contributed by atoms with Gasteiger partial charge in [-0.1, -0.05) is 15.9 Å². The molecule has 1 aromatic carbocycles. The van der Waals surface area contributed by atoms with E-state index in [9.17, 15) is 13.6 Å². The van der Waals surface area contributed by atoms with E-state index < -0.39 is 29.3 Å². The van der Waals surface area contributed by atoms with Crippen LogP contribution in [0.15, 0.2) is 16.6 Å². The van der Waals surface area contributed by atoms with Crippen LogP contribution in [-0.4, -0.2) is 17.7 Å². The predicted octanol–water partition coefficient (Wildman–Crippen LogP) is 3.84. The van der Waals surface area contributed by atoms with Gasteiger partial charge in [-0.05, 0) is 39.8 Å². The van der Waals surface area contributed by atoms with Crippen molar-refractivity contribution in [2.24, 2.45) is 0 Å². The lowest BCUT2D eigenvalue weighted by molar-refractivity contribution is -0.162. The minimum atomic E-state index is -1.14. The minimum absolute atomic E-state index is 0.317. The molecule has 1 aromatic rings. The van der Waals surface area contributed by atoms with Crippen LogP contribution in [0.5, 0.6) is 5.75 Å². The topological polar surface area (TPSA) is 35.5 Å². The van der Waals surface area contributed by atoms with Crippen molar-refractivity contribution < 1.29 is 23.0 Å². The van der Waals surface area contributed by atoms with Crippen molar-refractivity contribution in [3.8, 4) is 5.75 Å². The summed E-state index contributed by atoms with van der Waals surface area (Å²) in [4.78, 5) is 11.7. The molecule has 1 rings (SSSR count). The highest BCUT2D eigenvalue weighted by Gasteiger charge is 2.24. The zero-order valence-corrected chi connectivity index (χ0v) is 12.7. The van der Waals surface area contributed by atoms with Crippen molar-refractivity contribution in [1.29, 1.82) is 0 Å². The summed E-state index contributed by atoms with van der Waals surface area (Å²) in [6, 6.07) is 2.22. The van der Waals surface area contributed by atoms with Gasteiger partial charge in [0.15, 0.2) is 17.7 Å². The average molecular weight is 337 g/mol. The molecule has 0 saturated heterocycles. The molecule has 0 N–H and O–H groups in total. The van der Waals surface area contributed by atoms with Gasteiger partial charge in [0.1, 0.15) is 5.60 Å². The number of rotatable bonds is 3. The standard InChI is InChI=1S/C13H15BrF2O3/c1-7(12(17)19-13(2,3)4)18-10-6-8(14)5-9(15)11(10)16/h5-7H,1-4H3. The molecule has 0 radical (unpaired) electrons. The van der Waals surface area contributed by atoms with E-state index in [1.54, 1.807) is 20.8 Å². The molecule has 0 saturated carbocycles. The molecule has 1 atom stereocenters. The first-order chi connectivity index (χ1) is 8.60. The maximum Gasteiger partial charge on any atom is 0.347 e. The molecular weight excluding hydrogens is 322 g/mol. The zero-order valence-electron chi connectivity index (χ0n) is 11.1. The number of esters is 1. The summed E-state index contributed by atoms with van der Waals surface area (Å²) in [5, 5.41) is 0. The number of ether oxygens (including phenoxy) is 2. The fourth-order valence-corrected chi connectivity index (χ4v) is 1.65. The number of benzene rings is 1. The lowest BCUT2D eigenvalue weighted by atomic mass is 10.2. The Morgan fingerprint density at radius 3 is 2.42 bits per heavy atom. The van der Waals surface area contributed by atoms with Crippen LogP contribution >= 0.6 is 15.9 Å². The van der Waals surface area contributed by atoms with Gasteiger partial charge in [-0.25, -0.2) is 9.18 Å². The molecule has 0 aromatic heterocycles. The van der Waals surface area contributed by atoms with Crippen LogP contribution in [0.25, 0.3) is 0 Å². The number of hydrogen-bond donors (Lipinski definition) is 0. The molecule has 0 amide bonds. The maximum absolute atomic E-state index is 13.5. The molecule has 106 valence electrons. The van der Waals surface area contributed by atoms with Crippen LogP contribution in [0.1, 0.15) is 27.7 Å². The van der Waals surface area contributed by atoms with E-state index in [1.165, 1.54) is 13.0 Å². The highest BCUT2D eigenvalue weighted by Crippen LogP contribution is 2.26. The van der Waals surface area contributed by atoms with E-state index in [0.29, 0.717) is 4.47 Å². The molecule has 6 heteroatoms. The Labute approximate surface area is 119 Å². The van der Waals surface area contributed by atoms with E-state index in [4.69, 9.17) is 9.47 Å². The van der Waals surface area contributed by atoms with Crippen molar-refractivity contribution >= 4 is 21.9 Å². The first-order valence-electron chi connectivity index (χ1n) is 5.64. The molecular formula is C13H15BrF2O3. The summed E-state index contributed by atoms with van der Waals surface area (Å²) in [7, 11) is 0. The predicted molar refractivity (Wildman–Crippen MR) is 70.0 cm³/mol. The third-order valence-electron chi connectivity index (χ3n) is 2.00. The Hall–Kier alpha value is -1.17. The van der Waals surface area contributed by atoms with Gasteiger partial charge < -0.3 is 9.47 Å². The Kier molecular flexibility index (Phi) is 4.90. The fourth-order valence-electron chi connectivity index (χ4n) is 1.24. The van der Waals surface area contributed by atoms with E-state index in [-0.39, 0.29) is 5.75 Å². The quantitative estimate of drug-likeness (QED) is 0.621. The van der Waals surface area contributed by atoms with E-state index in [1.807, 2.05) is 0 Å². The van der Waals surface area contributed by atoms with Gasteiger partial charge >= 0.3 is 5.97 Å². The van der Waals surface area contributed by atoms with Crippen LogP contribution in [0.4, 0.5) is 8.78 Å². The average Bonchev–Trinajstić information content (AvgIpc) is 2.22. The van der Waals surface area contributed by atoms with Crippen LogP contribution in [0, 0.1) is 11.6 Å². The van der Waals surface area contributed by atoms with E-state index in [2.05, 4.69) is 15.9 Å². The molecule has 0 aliphatic carbocycles. The summed E-state index contributed by atoms with van der Waals surface area (Å²) < 4.78 is 37.1. The Balaban J connectivity index is 2.83. The highest BCUT2D eigenvalue weighted by atomic mass is 79.9. The Morgan fingerprint density at radius 2 is 1.89 bits per heavy atom. The summed E-state index contributed by atoms with van der Waals surface area (Å²) in [5.74, 6) is -3.18. The van der Waals surface area contributed by atoms with Gasteiger partial charge in [0.25, 0.3) is 0 Å². The molecule has 0 aliphatic heterocycles. The van der Waals surface area contributed by atoms with Gasteiger partial charge in [-0.3, -0.25) is 0 Å². The molecule has 0 heterocycles. The molecule has 19 heavy (non-hydrogen) atoms. The normalized spacial score (nSPS) is 13.0. The second kappa shape index (κ2) is 5.86. The molecule has 0 bridgehead atoms. The minimum Gasteiger partial charge on any atom is -0.476 e. The number of hydrogen-bond acceptors (Lipinski definition) is 3. The third-order valence-corrected chi connectivity index (χ3v) is 2.46. The SMILES string of the molecule is CC(Oc1cc(Br)cc(F)c1F)C(=O)OC(C)(C)C. The second-order valence-electron chi connectivity index (χ2n) is 4.99. The van der Waals surface area contributed by atoms with Crippen molar-refractivity contribution in [2.45, 2.75) is 39.4 Å². The van der Waals surface area contributed by atoms with E-state index in [0.717, 1.165) is 6.07 Å². The monoisotopic (exact) mass is 336 g/mol. The first-order valence-corrected chi connectivity index (χ1v) is 6.43. The number of halogens is 3. The Morgan fingerprint density at radius 1 is 1.32 bits per heavy atom. The number of carbonyl (C=O) groups excluding carboxylic acids is 1. The van der Waals surface area contributed by atoms with Crippen LogP contribution in [0.3, 0.4) is 0 Å². The summed E-state index contributed by atoms with van der Waals surface area (Å²) in [5.41, 5.74) is -0.671. The van der Waals surface area contributed by atoms with E-state index >= 15 is 0 Å². The van der Waals surface area contributed by atoms with Gasteiger partial charge in [-0.15, -0.1) is 0 Å². The van der Waals surface area contributed by atoms with Crippen molar-refractivity contribution in [3.05, 3.63) is 28.2 Å². The van der Waals surface area contributed by atoms with Gasteiger partial charge in [0.2, 0.25) is 5.82 Å². The summed E-state index contributed by atoms with van der Waals surface area (Å²) in [6.45, 7) is 6.53. The molecule has 1 unspecified atom stereocenters. The fraction of sp³-hybridized carbons (Fsp3) is 0.462. The molecule has 3 nitrogen and oxygen atoms in total. The number of carbonyl (C=O) groups is 1. The lowest BCUT2D eigenvalue weighted by Gasteiger charge is -2.22. The van der Waals surface area contributed by atoms with Crippen LogP contribution in [-0.2, 0) is 9.53 Å². The lowest BCUT2D eigenvalue weighted by Crippen LogP contribution is -2.33. The zero-order chi connectivity index (χ0) is 14.8. The molecule has 0 spiro atoms. The summed E-state index contributed by atoms with van der Waals surface area (Å²) in [6.07, 6.45) is -1.04. The van der Waals surface area contributed by atoms with Gasteiger partial charge in [0.05, 0.1) is 0 Å². The molecule has 0 aliphatic rings. The van der Waals surface area contributed by atoms with Gasteiger partial charge in [-0.2, -0.15) is 4.39 Å². The Bertz CT molecular complexity index is 484. The molecule has 0 fully saturated rings. The summed E-state index contributed by atoms with van der Waals surface area (Å²) >= 11 is 3.02. The van der Waals surface area contributed by atoms with Crippen molar-refractivity contribution in [1.82, 2.24) is 0 Å². The smallest absolute Gasteiger partial charge is 0.347 e. The van der Waals surface area contributed by atoms with Crippen molar-refractivity contribution in [2.75, 3.05) is 0 Å². The first kappa shape index (κ1) is 15.9. The highest BCUT2D eigenvalue weighted by molar-refractivity contribution is 9.10. The largest absolute Gasteiger partial charge is 0.476 e. The van der Waals surface area contributed by atoms with Crippen LogP contribution < -0.4 is 4.74 Å². The maximum atomic E-state index is 13.5. The second-order valence-corrected chi connectivity index (χ2v) is 5.91. The van der Waals surface area contributed by atoms with Crippen molar-refractivity contribution in [3.63, 3.8) is 0 Å². The third kappa shape index (κ3) is 4.78. The van der Waals surface area contributed by atoms with Crippen LogP contribution in [0.2, 0.25) is 0 Å².